The van der Waals surface area contributed by atoms with E-state index in [0.717, 1.165) is 5.39 Å². The number of hydrogen-bond donors (Lipinski definition) is 2. The zero-order valence-electron chi connectivity index (χ0n) is 17.8. The Morgan fingerprint density at radius 3 is 2.31 bits per heavy atom. The van der Waals surface area contributed by atoms with Gasteiger partial charge in [-0.05, 0) is 12.1 Å². The van der Waals surface area contributed by atoms with Crippen molar-refractivity contribution in [1.29, 1.82) is 0 Å². The van der Waals surface area contributed by atoms with Crippen LogP contribution in [-0.2, 0) is 0 Å². The number of thiazole rings is 1. The molecule has 0 spiro atoms. The number of nitrogens with zero attached hydrogens (tertiary/aromatic N) is 1. The number of methoxy groups -OCH3 is 4. The summed E-state index contributed by atoms with van der Waals surface area (Å²) in [6, 6.07) is 10.3. The average molecular weight is 455 g/mol. The van der Waals surface area contributed by atoms with Crippen molar-refractivity contribution in [2.75, 3.05) is 39.1 Å². The fourth-order valence-corrected chi connectivity index (χ4v) is 3.88. The van der Waals surface area contributed by atoms with Crippen molar-refractivity contribution in [1.82, 2.24) is 4.98 Å². The number of fused-ring (bicyclic) bond motifs is 1. The maximum absolute atomic E-state index is 12.5. The first-order valence-electron chi connectivity index (χ1n) is 9.46. The monoisotopic (exact) mass is 455 g/mol. The third kappa shape index (κ3) is 4.12. The second kappa shape index (κ2) is 9.06. The number of hydrogen-bond acceptors (Lipinski definition) is 8. The number of amides is 2. The highest BCUT2D eigenvalue weighted by atomic mass is 32.1. The van der Waals surface area contributed by atoms with Gasteiger partial charge >= 0.3 is 6.03 Å². The van der Waals surface area contributed by atoms with Crippen molar-refractivity contribution in [3.8, 4) is 34.5 Å². The number of para-hydroxylation sites is 1. The van der Waals surface area contributed by atoms with E-state index in [4.69, 9.17) is 23.4 Å². The minimum absolute atomic E-state index is 0.414. The predicted molar refractivity (Wildman–Crippen MR) is 123 cm³/mol. The summed E-state index contributed by atoms with van der Waals surface area (Å²) in [6.45, 7) is 0. The van der Waals surface area contributed by atoms with Gasteiger partial charge in [0.15, 0.2) is 33.7 Å². The Labute approximate surface area is 187 Å². The average Bonchev–Trinajstić information content (AvgIpc) is 3.44. The zero-order chi connectivity index (χ0) is 22.7. The summed E-state index contributed by atoms with van der Waals surface area (Å²) >= 11 is 1.28. The third-order valence-corrected chi connectivity index (χ3v) is 5.39. The van der Waals surface area contributed by atoms with Gasteiger partial charge in [-0.1, -0.05) is 12.1 Å². The number of anilines is 2. The molecule has 0 bridgehead atoms. The Hall–Kier alpha value is -3.92. The van der Waals surface area contributed by atoms with Crippen LogP contribution in [0.15, 0.2) is 46.2 Å². The second-order valence-corrected chi connectivity index (χ2v) is 7.38. The molecule has 0 atom stereocenters. The number of carbonyl (C=O) groups is 1. The van der Waals surface area contributed by atoms with Crippen molar-refractivity contribution in [3.05, 3.63) is 41.8 Å². The van der Waals surface area contributed by atoms with E-state index in [1.165, 1.54) is 32.7 Å². The highest BCUT2D eigenvalue weighted by molar-refractivity contribution is 7.14. The summed E-state index contributed by atoms with van der Waals surface area (Å²) in [5, 5.41) is 8.58. The number of carbonyl (C=O) groups excluding carboxylic acids is 1. The topological polar surface area (TPSA) is 104 Å². The van der Waals surface area contributed by atoms with Crippen LogP contribution in [0.4, 0.5) is 15.6 Å². The number of urea groups is 1. The van der Waals surface area contributed by atoms with Crippen molar-refractivity contribution < 1.29 is 28.2 Å². The molecule has 2 amide bonds. The molecule has 0 unspecified atom stereocenters. The first-order chi connectivity index (χ1) is 15.6. The lowest BCUT2D eigenvalue weighted by Gasteiger charge is -2.14. The number of ether oxygens (including phenoxy) is 4. The fraction of sp³-hybridized carbons (Fsp3) is 0.182. The van der Waals surface area contributed by atoms with Gasteiger partial charge in [0, 0.05) is 22.9 Å². The third-order valence-electron chi connectivity index (χ3n) is 4.63. The summed E-state index contributed by atoms with van der Waals surface area (Å²) in [6.07, 6.45) is 0. The Bertz CT molecular complexity index is 1240. The summed E-state index contributed by atoms with van der Waals surface area (Å²) in [5.41, 5.74) is 1.72. The first-order valence-corrected chi connectivity index (χ1v) is 10.3. The molecule has 2 aromatic carbocycles. The largest absolute Gasteiger partial charge is 0.493 e. The van der Waals surface area contributed by atoms with Gasteiger partial charge in [0.05, 0.1) is 34.1 Å². The molecule has 0 aliphatic heterocycles. The molecule has 4 aromatic rings. The maximum atomic E-state index is 12.5. The van der Waals surface area contributed by atoms with Gasteiger partial charge in [0.1, 0.15) is 5.69 Å². The minimum Gasteiger partial charge on any atom is -0.493 e. The van der Waals surface area contributed by atoms with E-state index in [-0.39, 0.29) is 0 Å². The quantitative estimate of drug-likeness (QED) is 0.393. The summed E-state index contributed by atoms with van der Waals surface area (Å²) < 4.78 is 27.2. The lowest BCUT2D eigenvalue weighted by molar-refractivity contribution is 0.262. The highest BCUT2D eigenvalue weighted by Crippen LogP contribution is 2.40. The number of rotatable bonds is 7. The van der Waals surface area contributed by atoms with Crippen LogP contribution in [0.3, 0.4) is 0 Å². The van der Waals surface area contributed by atoms with Gasteiger partial charge in [-0.3, -0.25) is 5.32 Å². The van der Waals surface area contributed by atoms with E-state index in [9.17, 15) is 4.79 Å². The SMILES string of the molecule is COc1cc(NC(=O)Nc2nc(-c3cc4cccc(OC)c4o3)cs2)cc(OC)c1OC. The van der Waals surface area contributed by atoms with Gasteiger partial charge in [-0.25, -0.2) is 9.78 Å². The maximum Gasteiger partial charge on any atom is 0.325 e. The van der Waals surface area contributed by atoms with Crippen LogP contribution in [0.1, 0.15) is 0 Å². The molecule has 9 nitrogen and oxygen atoms in total. The molecule has 4 rings (SSSR count). The highest BCUT2D eigenvalue weighted by Gasteiger charge is 2.16. The Morgan fingerprint density at radius 2 is 1.66 bits per heavy atom. The van der Waals surface area contributed by atoms with Crippen LogP contribution in [0.2, 0.25) is 0 Å². The van der Waals surface area contributed by atoms with Crippen LogP contribution in [0, 0.1) is 0 Å². The molecule has 0 fully saturated rings. The molecular formula is C22H21N3O6S. The fourth-order valence-electron chi connectivity index (χ4n) is 3.18. The molecule has 2 aromatic heterocycles. The molecule has 0 saturated heterocycles. The van der Waals surface area contributed by atoms with Gasteiger partial charge in [-0.15, -0.1) is 11.3 Å². The van der Waals surface area contributed by atoms with E-state index < -0.39 is 6.03 Å². The standard InChI is InChI=1S/C22H21N3O6S/c1-27-15-7-5-6-12-8-16(31-19(12)15)14-11-32-22(24-14)25-21(26)23-13-9-17(28-2)20(30-4)18(10-13)29-3/h5-11H,1-4H3,(H2,23,24,25,26). The molecule has 2 N–H and O–H groups in total. The van der Waals surface area contributed by atoms with Gasteiger partial charge in [-0.2, -0.15) is 0 Å². The number of nitrogens with one attached hydrogen (secondary N) is 2. The lowest BCUT2D eigenvalue weighted by atomic mass is 10.2. The van der Waals surface area contributed by atoms with Gasteiger partial charge in [0.25, 0.3) is 0 Å². The van der Waals surface area contributed by atoms with Crippen LogP contribution in [0.5, 0.6) is 23.0 Å². The molecule has 32 heavy (non-hydrogen) atoms. The molecule has 166 valence electrons. The predicted octanol–water partition coefficient (Wildman–Crippen LogP) is 5.23. The molecule has 0 aliphatic carbocycles. The normalized spacial score (nSPS) is 10.6. The summed E-state index contributed by atoms with van der Waals surface area (Å²) in [4.78, 5) is 16.9. The van der Waals surface area contributed by atoms with Crippen LogP contribution < -0.4 is 29.6 Å². The molecule has 0 radical (unpaired) electrons. The van der Waals surface area contributed by atoms with Crippen molar-refractivity contribution in [2.45, 2.75) is 0 Å². The van der Waals surface area contributed by atoms with E-state index in [0.29, 0.717) is 50.9 Å². The summed E-state index contributed by atoms with van der Waals surface area (Å²) in [5.74, 6) is 2.52. The van der Waals surface area contributed by atoms with Gasteiger partial charge in [0.2, 0.25) is 5.75 Å². The lowest BCUT2D eigenvalue weighted by Crippen LogP contribution is -2.19. The molecular weight excluding hydrogens is 434 g/mol. The minimum atomic E-state index is -0.466. The van der Waals surface area contributed by atoms with E-state index in [1.54, 1.807) is 24.6 Å². The molecule has 0 saturated carbocycles. The smallest absolute Gasteiger partial charge is 0.325 e. The van der Waals surface area contributed by atoms with E-state index in [1.807, 2.05) is 24.3 Å². The van der Waals surface area contributed by atoms with E-state index >= 15 is 0 Å². The summed E-state index contributed by atoms with van der Waals surface area (Å²) in [7, 11) is 6.12. The first kappa shape index (κ1) is 21.3. The van der Waals surface area contributed by atoms with Crippen LogP contribution >= 0.6 is 11.3 Å². The molecule has 2 heterocycles. The van der Waals surface area contributed by atoms with Crippen LogP contribution in [0.25, 0.3) is 22.4 Å². The Morgan fingerprint density at radius 1 is 0.938 bits per heavy atom. The van der Waals surface area contributed by atoms with Crippen LogP contribution in [-0.4, -0.2) is 39.5 Å². The Balaban J connectivity index is 1.50. The number of aromatic nitrogens is 1. The van der Waals surface area contributed by atoms with Gasteiger partial charge < -0.3 is 28.7 Å². The zero-order valence-corrected chi connectivity index (χ0v) is 18.7. The second-order valence-electron chi connectivity index (χ2n) is 6.52. The van der Waals surface area contributed by atoms with E-state index in [2.05, 4.69) is 15.6 Å². The molecule has 10 heteroatoms. The van der Waals surface area contributed by atoms with Crippen molar-refractivity contribution in [2.24, 2.45) is 0 Å². The Kier molecular flexibility index (Phi) is 6.04. The van der Waals surface area contributed by atoms with Crippen molar-refractivity contribution in [3.63, 3.8) is 0 Å². The molecule has 0 aliphatic rings. The van der Waals surface area contributed by atoms with Crippen molar-refractivity contribution >= 4 is 39.2 Å². The number of furan rings is 1. The number of benzene rings is 2.